The molecule has 1 aliphatic rings. The summed E-state index contributed by atoms with van der Waals surface area (Å²) in [5.74, 6) is 0.599. The molecule has 0 spiro atoms. The molecular formula is C20H25N7S. The van der Waals surface area contributed by atoms with E-state index in [9.17, 15) is 0 Å². The van der Waals surface area contributed by atoms with Crippen LogP contribution in [0.3, 0.4) is 0 Å². The molecule has 0 bridgehead atoms. The minimum Gasteiger partial charge on any atom is -0.370 e. The van der Waals surface area contributed by atoms with Crippen LogP contribution in [0.2, 0.25) is 0 Å². The summed E-state index contributed by atoms with van der Waals surface area (Å²) in [5.41, 5.74) is 10.6. The number of anilines is 1. The molecule has 1 aliphatic heterocycles. The van der Waals surface area contributed by atoms with E-state index in [0.717, 1.165) is 53.9 Å². The Morgan fingerprint density at radius 3 is 2.64 bits per heavy atom. The van der Waals surface area contributed by atoms with Crippen molar-refractivity contribution in [1.82, 2.24) is 19.7 Å². The Bertz CT molecular complexity index is 953. The maximum Gasteiger partial charge on any atom is 0.191 e. The summed E-state index contributed by atoms with van der Waals surface area (Å²) in [4.78, 5) is 13.5. The van der Waals surface area contributed by atoms with E-state index in [0.29, 0.717) is 12.5 Å². The molecule has 0 amide bonds. The number of aliphatic imine (C=N–C) groups is 1. The van der Waals surface area contributed by atoms with E-state index < -0.39 is 0 Å². The van der Waals surface area contributed by atoms with Crippen molar-refractivity contribution >= 4 is 22.4 Å². The molecule has 2 N–H and O–H groups in total. The van der Waals surface area contributed by atoms with Gasteiger partial charge in [-0.25, -0.2) is 14.7 Å². The highest BCUT2D eigenvalue weighted by atomic mass is 32.1. The van der Waals surface area contributed by atoms with E-state index in [1.807, 2.05) is 35.3 Å². The lowest BCUT2D eigenvalue weighted by molar-refractivity contribution is 0.380. The molecule has 0 unspecified atom stereocenters. The highest BCUT2D eigenvalue weighted by Gasteiger charge is 2.20. The third-order valence-corrected chi connectivity index (χ3v) is 5.77. The van der Waals surface area contributed by atoms with Crippen molar-refractivity contribution in [3.63, 3.8) is 0 Å². The minimum absolute atomic E-state index is 0.535. The van der Waals surface area contributed by atoms with Gasteiger partial charge in [0.2, 0.25) is 0 Å². The largest absolute Gasteiger partial charge is 0.370 e. The van der Waals surface area contributed by atoms with Gasteiger partial charge in [-0.3, -0.25) is 0 Å². The van der Waals surface area contributed by atoms with Gasteiger partial charge in [0.25, 0.3) is 0 Å². The number of thiazole rings is 1. The van der Waals surface area contributed by atoms with Crippen molar-refractivity contribution in [3.8, 4) is 5.69 Å². The summed E-state index contributed by atoms with van der Waals surface area (Å²) in [6.07, 6.45) is 1.85. The van der Waals surface area contributed by atoms with Gasteiger partial charge in [-0.05, 0) is 31.5 Å². The number of benzene rings is 1. The van der Waals surface area contributed by atoms with Gasteiger partial charge in [0.1, 0.15) is 0 Å². The normalized spacial score (nSPS) is 15.3. The number of guanidine groups is 1. The maximum atomic E-state index is 6.31. The van der Waals surface area contributed by atoms with Crippen LogP contribution >= 0.6 is 11.3 Å². The minimum atomic E-state index is 0.535. The van der Waals surface area contributed by atoms with Gasteiger partial charge < -0.3 is 15.5 Å². The first kappa shape index (κ1) is 18.5. The zero-order valence-corrected chi connectivity index (χ0v) is 17.1. The number of piperazine rings is 1. The molecule has 28 heavy (non-hydrogen) atoms. The van der Waals surface area contributed by atoms with E-state index in [1.54, 1.807) is 11.3 Å². The molecule has 1 saturated heterocycles. The lowest BCUT2D eigenvalue weighted by Gasteiger charge is -2.35. The topological polar surface area (TPSA) is 75.6 Å². The number of hydrogen-bond donors (Lipinski definition) is 1. The zero-order valence-electron chi connectivity index (χ0n) is 16.2. The zero-order chi connectivity index (χ0) is 19.5. The van der Waals surface area contributed by atoms with Crippen LogP contribution in [-0.4, -0.2) is 51.8 Å². The Morgan fingerprint density at radius 2 is 1.96 bits per heavy atom. The van der Waals surface area contributed by atoms with Crippen LogP contribution in [0.5, 0.6) is 0 Å². The monoisotopic (exact) mass is 395 g/mol. The number of aryl methyl sites for hydroxylation is 2. The molecule has 7 nitrogen and oxygen atoms in total. The van der Waals surface area contributed by atoms with Gasteiger partial charge in [-0.15, -0.1) is 11.3 Å². The predicted octanol–water partition coefficient (Wildman–Crippen LogP) is 2.58. The molecule has 1 aromatic carbocycles. The molecule has 8 heteroatoms. The van der Waals surface area contributed by atoms with Crippen molar-refractivity contribution < 1.29 is 0 Å². The predicted molar refractivity (Wildman–Crippen MR) is 114 cm³/mol. The van der Waals surface area contributed by atoms with E-state index in [2.05, 4.69) is 50.0 Å². The first-order valence-electron chi connectivity index (χ1n) is 9.42. The van der Waals surface area contributed by atoms with Crippen LogP contribution in [0.15, 0.2) is 46.9 Å². The molecule has 0 radical (unpaired) electrons. The number of hydrogen-bond acceptors (Lipinski definition) is 5. The third-order valence-electron chi connectivity index (χ3n) is 4.93. The first-order chi connectivity index (χ1) is 13.6. The summed E-state index contributed by atoms with van der Waals surface area (Å²) in [5, 5.41) is 7.70. The lowest BCUT2D eigenvalue weighted by Crippen LogP contribution is -2.51. The molecule has 146 valence electrons. The molecule has 4 rings (SSSR count). The molecule has 1 fully saturated rings. The van der Waals surface area contributed by atoms with Gasteiger partial charge in [0.05, 0.1) is 17.9 Å². The average Bonchev–Trinajstić information content (AvgIpc) is 3.36. The highest BCUT2D eigenvalue weighted by molar-refractivity contribution is 7.13. The molecule has 3 aromatic rings. The third kappa shape index (κ3) is 3.87. The fourth-order valence-electron chi connectivity index (χ4n) is 3.49. The molecule has 0 atom stereocenters. The second kappa shape index (κ2) is 8.02. The Kier molecular flexibility index (Phi) is 5.29. The summed E-state index contributed by atoms with van der Waals surface area (Å²) in [7, 11) is 0. The summed E-state index contributed by atoms with van der Waals surface area (Å²) in [6.45, 7) is 8.14. The molecule has 0 saturated carbocycles. The van der Waals surface area contributed by atoms with Crippen LogP contribution in [0, 0.1) is 13.8 Å². The summed E-state index contributed by atoms with van der Waals surface area (Å²) >= 11 is 1.68. The van der Waals surface area contributed by atoms with Crippen molar-refractivity contribution in [2.45, 2.75) is 20.4 Å². The molecule has 0 aliphatic carbocycles. The molecular weight excluding hydrogens is 370 g/mol. The number of rotatable bonds is 4. The van der Waals surface area contributed by atoms with Gasteiger partial charge in [-0.1, -0.05) is 18.2 Å². The van der Waals surface area contributed by atoms with Crippen LogP contribution in [0.1, 0.15) is 17.0 Å². The number of aromatic nitrogens is 3. The second-order valence-corrected chi connectivity index (χ2v) is 7.80. The van der Waals surface area contributed by atoms with Crippen molar-refractivity contribution in [2.75, 3.05) is 31.1 Å². The molecule has 2 aromatic heterocycles. The van der Waals surface area contributed by atoms with Gasteiger partial charge >= 0.3 is 0 Å². The quantitative estimate of drug-likeness (QED) is 0.543. The Labute approximate surface area is 169 Å². The SMILES string of the molecule is Cc1cc(C)n(-c2ccccc2CN=C(N)N2CCN(c3nccs3)CC2)n1. The van der Waals surface area contributed by atoms with E-state index in [4.69, 9.17) is 5.73 Å². The van der Waals surface area contributed by atoms with E-state index in [1.165, 1.54) is 0 Å². The van der Waals surface area contributed by atoms with E-state index >= 15 is 0 Å². The van der Waals surface area contributed by atoms with Gasteiger partial charge in [-0.2, -0.15) is 5.10 Å². The summed E-state index contributed by atoms with van der Waals surface area (Å²) in [6, 6.07) is 10.3. The average molecular weight is 396 g/mol. The van der Waals surface area contributed by atoms with Crippen molar-refractivity contribution in [1.29, 1.82) is 0 Å². The maximum absolute atomic E-state index is 6.31. The second-order valence-electron chi connectivity index (χ2n) is 6.93. The smallest absolute Gasteiger partial charge is 0.191 e. The lowest BCUT2D eigenvalue weighted by atomic mass is 10.2. The van der Waals surface area contributed by atoms with Crippen molar-refractivity contribution in [3.05, 3.63) is 58.9 Å². The Morgan fingerprint density at radius 1 is 1.18 bits per heavy atom. The number of nitrogens with zero attached hydrogens (tertiary/aromatic N) is 6. The first-order valence-corrected chi connectivity index (χ1v) is 10.3. The number of para-hydroxylation sites is 1. The van der Waals surface area contributed by atoms with Crippen LogP contribution in [0.25, 0.3) is 5.69 Å². The Balaban J connectivity index is 1.44. The van der Waals surface area contributed by atoms with Crippen LogP contribution in [0.4, 0.5) is 5.13 Å². The fraction of sp³-hybridized carbons (Fsp3) is 0.350. The Hall–Kier alpha value is -2.87. The van der Waals surface area contributed by atoms with Crippen LogP contribution < -0.4 is 10.6 Å². The van der Waals surface area contributed by atoms with Gasteiger partial charge in [0, 0.05) is 43.4 Å². The van der Waals surface area contributed by atoms with Crippen LogP contribution in [-0.2, 0) is 6.54 Å². The standard InChI is InChI=1S/C20H25N7S/c1-15-13-16(2)27(24-15)18-6-4-3-5-17(18)14-23-19(21)25-8-10-26(11-9-25)20-22-7-12-28-20/h3-7,12-13H,8-11,14H2,1-2H3,(H2,21,23). The van der Waals surface area contributed by atoms with E-state index in [-0.39, 0.29) is 0 Å². The molecule has 3 heterocycles. The van der Waals surface area contributed by atoms with Gasteiger partial charge in [0.15, 0.2) is 11.1 Å². The highest BCUT2D eigenvalue weighted by Crippen LogP contribution is 2.20. The number of nitrogens with two attached hydrogens (primary N) is 1. The van der Waals surface area contributed by atoms with Crippen molar-refractivity contribution in [2.24, 2.45) is 10.7 Å². The fourth-order valence-corrected chi connectivity index (χ4v) is 4.19. The summed E-state index contributed by atoms with van der Waals surface area (Å²) < 4.78 is 1.98.